The normalized spacial score (nSPS) is 16.1. The first-order chi connectivity index (χ1) is 14.4. The number of thioether (sulfide) groups is 1. The summed E-state index contributed by atoms with van der Waals surface area (Å²) in [6.45, 7) is 6.33. The molecule has 1 aromatic heterocycles. The van der Waals surface area contributed by atoms with Crippen LogP contribution in [0.25, 0.3) is 0 Å². The molecule has 0 bridgehead atoms. The van der Waals surface area contributed by atoms with E-state index < -0.39 is 0 Å². The molecular formula is C22H25N3O4S. The van der Waals surface area contributed by atoms with Crippen molar-refractivity contribution in [3.63, 3.8) is 0 Å². The molecule has 1 saturated carbocycles. The summed E-state index contributed by atoms with van der Waals surface area (Å²) in [7, 11) is 0. The van der Waals surface area contributed by atoms with Gasteiger partial charge in [-0.2, -0.15) is 0 Å². The Morgan fingerprint density at radius 2 is 1.93 bits per heavy atom. The van der Waals surface area contributed by atoms with Gasteiger partial charge in [-0.25, -0.2) is 9.97 Å². The van der Waals surface area contributed by atoms with Crippen molar-refractivity contribution in [2.24, 2.45) is 0 Å². The Hall–Kier alpha value is -2.61. The fourth-order valence-corrected chi connectivity index (χ4v) is 4.38. The fourth-order valence-electron chi connectivity index (χ4n) is 3.43. The summed E-state index contributed by atoms with van der Waals surface area (Å²) in [5, 5.41) is 3.60. The number of amides is 1. The third kappa shape index (κ3) is 4.59. The molecule has 7 nitrogen and oxygen atoms in total. The fraction of sp³-hybridized carbons (Fsp3) is 0.455. The minimum absolute atomic E-state index is 0.0811. The second kappa shape index (κ2) is 8.63. The van der Waals surface area contributed by atoms with Crippen molar-refractivity contribution in [3.05, 3.63) is 40.8 Å². The monoisotopic (exact) mass is 427 g/mol. The van der Waals surface area contributed by atoms with Gasteiger partial charge < -0.3 is 14.8 Å². The maximum absolute atomic E-state index is 12.6. The number of Topliss-reactive ketones (excluding diaryl/α,β-unsaturated/α-hetero) is 1. The molecule has 1 aliphatic carbocycles. The minimum atomic E-state index is -0.185. The van der Waals surface area contributed by atoms with Crippen LogP contribution in [0.3, 0.4) is 0 Å². The van der Waals surface area contributed by atoms with Crippen LogP contribution in [0.1, 0.15) is 66.1 Å². The zero-order chi connectivity index (χ0) is 21.3. The number of ether oxygens (including phenoxy) is 2. The first-order valence-electron chi connectivity index (χ1n) is 10.1. The average Bonchev–Trinajstić information content (AvgIpc) is 3.56. The first-order valence-corrected chi connectivity index (χ1v) is 11.1. The van der Waals surface area contributed by atoms with Crippen molar-refractivity contribution in [1.29, 1.82) is 0 Å². The van der Waals surface area contributed by atoms with Crippen LogP contribution in [0, 0.1) is 6.92 Å². The van der Waals surface area contributed by atoms with E-state index in [1.807, 2.05) is 32.0 Å². The van der Waals surface area contributed by atoms with Crippen LogP contribution < -0.4 is 14.8 Å². The van der Waals surface area contributed by atoms with E-state index in [2.05, 4.69) is 15.3 Å². The van der Waals surface area contributed by atoms with E-state index in [4.69, 9.17) is 9.47 Å². The Balaban J connectivity index is 1.42. The van der Waals surface area contributed by atoms with Gasteiger partial charge in [0.25, 0.3) is 0 Å². The lowest BCUT2D eigenvalue weighted by atomic mass is 10.1. The summed E-state index contributed by atoms with van der Waals surface area (Å²) in [6.07, 6.45) is 2.16. The van der Waals surface area contributed by atoms with Gasteiger partial charge >= 0.3 is 0 Å². The highest BCUT2D eigenvalue weighted by atomic mass is 32.2. The molecule has 30 heavy (non-hydrogen) atoms. The number of ketones is 1. The van der Waals surface area contributed by atoms with Crippen LogP contribution in [0.2, 0.25) is 0 Å². The van der Waals surface area contributed by atoms with Crippen molar-refractivity contribution >= 4 is 23.5 Å². The van der Waals surface area contributed by atoms with Crippen molar-refractivity contribution in [2.75, 3.05) is 19.0 Å². The van der Waals surface area contributed by atoms with Crippen LogP contribution in [-0.4, -0.2) is 40.6 Å². The predicted octanol–water partition coefficient (Wildman–Crippen LogP) is 3.61. The number of nitrogens with one attached hydrogen (secondary N) is 1. The average molecular weight is 428 g/mol. The zero-order valence-electron chi connectivity index (χ0n) is 17.4. The summed E-state index contributed by atoms with van der Waals surface area (Å²) in [4.78, 5) is 33.8. The number of aryl methyl sites for hydroxylation is 1. The van der Waals surface area contributed by atoms with Crippen LogP contribution in [0.4, 0.5) is 0 Å². The maximum Gasteiger partial charge on any atom is 0.230 e. The van der Waals surface area contributed by atoms with Crippen LogP contribution in [0.15, 0.2) is 23.2 Å². The third-order valence-corrected chi connectivity index (χ3v) is 6.13. The Bertz CT molecular complexity index is 991. The quantitative estimate of drug-likeness (QED) is 0.410. The number of benzene rings is 1. The Morgan fingerprint density at radius 1 is 1.20 bits per heavy atom. The van der Waals surface area contributed by atoms with Gasteiger partial charge in [0.05, 0.1) is 23.1 Å². The minimum Gasteiger partial charge on any atom is -0.486 e. The lowest BCUT2D eigenvalue weighted by Gasteiger charge is -2.21. The van der Waals surface area contributed by atoms with Crippen LogP contribution in [0.5, 0.6) is 11.5 Å². The number of carbonyl (C=O) groups excluding carboxylic acids is 2. The zero-order valence-corrected chi connectivity index (χ0v) is 18.2. The van der Waals surface area contributed by atoms with E-state index in [9.17, 15) is 9.59 Å². The number of hydrogen-bond acceptors (Lipinski definition) is 7. The maximum atomic E-state index is 12.6. The summed E-state index contributed by atoms with van der Waals surface area (Å²) in [5.41, 5.74) is 2.14. The molecule has 0 spiro atoms. The molecule has 1 atom stereocenters. The number of fused-ring (bicyclic) bond motifs is 1. The molecule has 1 fully saturated rings. The van der Waals surface area contributed by atoms with Crippen molar-refractivity contribution in [2.45, 2.75) is 50.6 Å². The summed E-state index contributed by atoms with van der Waals surface area (Å²) < 4.78 is 11.2. The molecular weight excluding hydrogens is 402 g/mol. The smallest absolute Gasteiger partial charge is 0.230 e. The lowest BCUT2D eigenvalue weighted by molar-refractivity contribution is -0.119. The van der Waals surface area contributed by atoms with E-state index in [1.165, 1.54) is 18.7 Å². The van der Waals surface area contributed by atoms with E-state index in [0.717, 1.165) is 30.0 Å². The number of carbonyl (C=O) groups is 2. The number of rotatable bonds is 7. The Morgan fingerprint density at radius 3 is 2.63 bits per heavy atom. The molecule has 2 aliphatic rings. The molecule has 1 unspecified atom stereocenters. The highest BCUT2D eigenvalue weighted by Gasteiger charge is 2.29. The van der Waals surface area contributed by atoms with Gasteiger partial charge in [-0.05, 0) is 51.3 Å². The molecule has 2 aromatic rings. The molecule has 1 aliphatic heterocycles. The standard InChI is InChI=1S/C22H25N3O4S/c1-12(16-6-7-17-18(10-16)29-9-8-28-17)23-19(27)11-30-22-20(14(3)26)13(2)24-21(25-22)15-4-5-15/h6-7,10,12,15H,4-5,8-9,11H2,1-3H3,(H,23,27). The molecule has 1 amide bonds. The van der Waals surface area contributed by atoms with Crippen LogP contribution in [-0.2, 0) is 4.79 Å². The van der Waals surface area contributed by atoms with Gasteiger partial charge in [0.1, 0.15) is 24.1 Å². The summed E-state index contributed by atoms with van der Waals surface area (Å²) in [5.74, 6) is 2.56. The van der Waals surface area contributed by atoms with Gasteiger partial charge in [-0.3, -0.25) is 9.59 Å². The summed E-state index contributed by atoms with van der Waals surface area (Å²) in [6, 6.07) is 5.50. The second-order valence-corrected chi connectivity index (χ2v) is 8.62. The van der Waals surface area contributed by atoms with Gasteiger partial charge in [0.2, 0.25) is 5.91 Å². The van der Waals surface area contributed by atoms with Crippen molar-refractivity contribution in [3.8, 4) is 11.5 Å². The van der Waals surface area contributed by atoms with Crippen molar-refractivity contribution in [1.82, 2.24) is 15.3 Å². The highest BCUT2D eigenvalue weighted by Crippen LogP contribution is 2.39. The first kappa shape index (κ1) is 20.7. The number of aromatic nitrogens is 2. The molecule has 8 heteroatoms. The SMILES string of the molecule is CC(=O)c1c(C)nc(C2CC2)nc1SCC(=O)NC(C)c1ccc2c(c1)OCCO2. The molecule has 0 radical (unpaired) electrons. The molecule has 2 heterocycles. The van der Waals surface area contributed by atoms with E-state index >= 15 is 0 Å². The van der Waals surface area contributed by atoms with Gasteiger partial charge in [-0.15, -0.1) is 0 Å². The summed E-state index contributed by atoms with van der Waals surface area (Å²) >= 11 is 1.29. The van der Waals surface area contributed by atoms with Gasteiger partial charge in [0, 0.05) is 5.92 Å². The van der Waals surface area contributed by atoms with E-state index in [-0.39, 0.29) is 23.5 Å². The Kier molecular flexibility index (Phi) is 5.94. The van der Waals surface area contributed by atoms with Crippen molar-refractivity contribution < 1.29 is 19.1 Å². The lowest BCUT2D eigenvalue weighted by Crippen LogP contribution is -2.28. The number of hydrogen-bond donors (Lipinski definition) is 1. The number of nitrogens with zero attached hydrogens (tertiary/aromatic N) is 2. The van der Waals surface area contributed by atoms with E-state index in [0.29, 0.717) is 41.2 Å². The molecule has 1 aromatic carbocycles. The van der Waals surface area contributed by atoms with Crippen LogP contribution >= 0.6 is 11.8 Å². The highest BCUT2D eigenvalue weighted by molar-refractivity contribution is 8.00. The van der Waals surface area contributed by atoms with E-state index in [1.54, 1.807) is 0 Å². The van der Waals surface area contributed by atoms with Gasteiger partial charge in [-0.1, -0.05) is 17.8 Å². The van der Waals surface area contributed by atoms with Gasteiger partial charge in [0.15, 0.2) is 17.3 Å². The largest absolute Gasteiger partial charge is 0.486 e. The molecule has 0 saturated heterocycles. The predicted molar refractivity (Wildman–Crippen MR) is 113 cm³/mol. The molecule has 1 N–H and O–H groups in total. The Labute approximate surface area is 180 Å². The third-order valence-electron chi connectivity index (χ3n) is 5.15. The topological polar surface area (TPSA) is 90.4 Å². The molecule has 158 valence electrons. The second-order valence-electron chi connectivity index (χ2n) is 7.66. The molecule has 4 rings (SSSR count).